The Labute approximate surface area is 204 Å². The highest BCUT2D eigenvalue weighted by Gasteiger charge is 2.38. The number of carbonyl (C=O) groups is 1. The SMILES string of the molecule is Cl.O=C(CN1CC2CCCC2C1)C1=NN(c2ccc(Cl)cc2Cl)C(c2ccc(O)cc2)C1. The van der Waals surface area contributed by atoms with Gasteiger partial charge in [-0.25, -0.2) is 0 Å². The Hall–Kier alpha value is -1.79. The molecule has 2 aromatic rings. The van der Waals surface area contributed by atoms with Crippen LogP contribution in [-0.4, -0.2) is 41.1 Å². The molecule has 3 aliphatic rings. The van der Waals surface area contributed by atoms with E-state index >= 15 is 0 Å². The van der Waals surface area contributed by atoms with Crippen LogP contribution in [0.15, 0.2) is 47.6 Å². The summed E-state index contributed by atoms with van der Waals surface area (Å²) in [6.45, 7) is 2.48. The van der Waals surface area contributed by atoms with Crippen molar-refractivity contribution in [2.45, 2.75) is 31.7 Å². The second-order valence-corrected chi connectivity index (χ2v) is 9.71. The maximum atomic E-state index is 13.2. The van der Waals surface area contributed by atoms with Gasteiger partial charge in [0.25, 0.3) is 0 Å². The fourth-order valence-corrected chi connectivity index (χ4v) is 5.77. The highest BCUT2D eigenvalue weighted by molar-refractivity contribution is 6.41. The summed E-state index contributed by atoms with van der Waals surface area (Å²) in [6.07, 6.45) is 4.42. The van der Waals surface area contributed by atoms with Gasteiger partial charge in [-0.05, 0) is 60.6 Å². The van der Waals surface area contributed by atoms with Crippen molar-refractivity contribution in [1.82, 2.24) is 4.90 Å². The fraction of sp³-hybridized carbons (Fsp3) is 0.417. The van der Waals surface area contributed by atoms with Gasteiger partial charge in [0.2, 0.25) is 0 Å². The van der Waals surface area contributed by atoms with Crippen molar-refractivity contribution in [2.75, 3.05) is 24.6 Å². The topological polar surface area (TPSA) is 56.1 Å². The zero-order chi connectivity index (χ0) is 21.5. The van der Waals surface area contributed by atoms with E-state index < -0.39 is 0 Å². The van der Waals surface area contributed by atoms with Crippen LogP contribution >= 0.6 is 35.6 Å². The average Bonchev–Trinajstić information content (AvgIpc) is 3.43. The van der Waals surface area contributed by atoms with E-state index in [2.05, 4.69) is 4.90 Å². The minimum absolute atomic E-state index is 0. The summed E-state index contributed by atoms with van der Waals surface area (Å²) in [5.74, 6) is 1.80. The van der Waals surface area contributed by atoms with Crippen LogP contribution < -0.4 is 5.01 Å². The largest absolute Gasteiger partial charge is 0.508 e. The van der Waals surface area contributed by atoms with Crippen LogP contribution in [0.2, 0.25) is 10.0 Å². The number of halogens is 3. The van der Waals surface area contributed by atoms with E-state index in [4.69, 9.17) is 28.3 Å². The number of Topliss-reactive ketones (excluding diaryl/α,β-unsaturated/α-hetero) is 1. The van der Waals surface area contributed by atoms with Crippen molar-refractivity contribution in [2.24, 2.45) is 16.9 Å². The van der Waals surface area contributed by atoms with Gasteiger partial charge in [-0.3, -0.25) is 14.7 Å². The lowest BCUT2D eigenvalue weighted by Gasteiger charge is -2.25. The van der Waals surface area contributed by atoms with Gasteiger partial charge in [0, 0.05) is 24.5 Å². The number of hydrogen-bond donors (Lipinski definition) is 1. The Balaban J connectivity index is 0.00000245. The van der Waals surface area contributed by atoms with Gasteiger partial charge in [0.05, 0.1) is 23.3 Å². The Bertz CT molecular complexity index is 1020. The molecule has 1 saturated carbocycles. The molecule has 0 amide bonds. The number of hydrazone groups is 1. The molecule has 2 aromatic carbocycles. The maximum Gasteiger partial charge on any atom is 0.192 e. The first-order valence-corrected chi connectivity index (χ1v) is 11.6. The number of fused-ring (bicyclic) bond motifs is 1. The normalized spacial score (nSPS) is 24.9. The Morgan fingerprint density at radius 1 is 1.06 bits per heavy atom. The molecule has 170 valence electrons. The molecule has 3 unspecified atom stereocenters. The van der Waals surface area contributed by atoms with Crippen LogP contribution in [0.4, 0.5) is 5.69 Å². The van der Waals surface area contributed by atoms with E-state index in [0.717, 1.165) is 30.5 Å². The predicted octanol–water partition coefficient (Wildman–Crippen LogP) is 5.73. The van der Waals surface area contributed by atoms with Crippen LogP contribution in [-0.2, 0) is 4.79 Å². The van der Waals surface area contributed by atoms with E-state index in [0.29, 0.717) is 34.4 Å². The monoisotopic (exact) mass is 493 g/mol. The summed E-state index contributed by atoms with van der Waals surface area (Å²) >= 11 is 12.6. The van der Waals surface area contributed by atoms with E-state index in [1.54, 1.807) is 24.3 Å². The highest BCUT2D eigenvalue weighted by atomic mass is 35.5. The first-order valence-electron chi connectivity index (χ1n) is 10.8. The first-order chi connectivity index (χ1) is 15.0. The minimum Gasteiger partial charge on any atom is -0.508 e. The summed E-state index contributed by atoms with van der Waals surface area (Å²) in [6, 6.07) is 12.1. The summed E-state index contributed by atoms with van der Waals surface area (Å²) < 4.78 is 0. The van der Waals surface area contributed by atoms with Crippen molar-refractivity contribution in [3.05, 3.63) is 58.1 Å². The van der Waals surface area contributed by atoms with Crippen LogP contribution in [0.25, 0.3) is 0 Å². The molecule has 32 heavy (non-hydrogen) atoms. The van der Waals surface area contributed by atoms with E-state index in [1.807, 2.05) is 23.2 Å². The Kier molecular flexibility index (Phi) is 7.01. The third-order valence-corrected chi connectivity index (χ3v) is 7.37. The molecule has 5 nitrogen and oxygen atoms in total. The second kappa shape index (κ2) is 9.60. The summed E-state index contributed by atoms with van der Waals surface area (Å²) in [5, 5.41) is 17.3. The van der Waals surface area contributed by atoms with Crippen LogP contribution in [0, 0.1) is 11.8 Å². The minimum atomic E-state index is -0.170. The molecule has 1 saturated heterocycles. The van der Waals surface area contributed by atoms with E-state index in [-0.39, 0.29) is 30.0 Å². The molecule has 1 N–H and O–H groups in total. The second-order valence-electron chi connectivity index (χ2n) is 8.87. The summed E-state index contributed by atoms with van der Waals surface area (Å²) in [7, 11) is 0. The van der Waals surface area contributed by atoms with Gasteiger partial charge < -0.3 is 5.11 Å². The van der Waals surface area contributed by atoms with Crippen molar-refractivity contribution in [1.29, 1.82) is 0 Å². The highest BCUT2D eigenvalue weighted by Crippen LogP contribution is 2.41. The van der Waals surface area contributed by atoms with Gasteiger partial charge >= 0.3 is 0 Å². The molecular formula is C24H26Cl3N3O2. The third-order valence-electron chi connectivity index (χ3n) is 6.84. The number of ketones is 1. The maximum absolute atomic E-state index is 13.2. The molecule has 5 rings (SSSR count). The number of anilines is 1. The number of phenolic OH excluding ortho intramolecular Hbond substituents is 1. The smallest absolute Gasteiger partial charge is 0.192 e. The number of aromatic hydroxyl groups is 1. The molecule has 2 aliphatic heterocycles. The van der Waals surface area contributed by atoms with Gasteiger partial charge in [-0.15, -0.1) is 12.4 Å². The van der Waals surface area contributed by atoms with Gasteiger partial charge in [0.1, 0.15) is 11.5 Å². The van der Waals surface area contributed by atoms with Crippen LogP contribution in [0.5, 0.6) is 5.75 Å². The van der Waals surface area contributed by atoms with Crippen molar-refractivity contribution in [3.8, 4) is 5.75 Å². The number of nitrogens with zero attached hydrogens (tertiary/aromatic N) is 3. The lowest BCUT2D eigenvalue weighted by Crippen LogP contribution is -2.32. The van der Waals surface area contributed by atoms with Crippen molar-refractivity contribution in [3.63, 3.8) is 0 Å². The lowest BCUT2D eigenvalue weighted by molar-refractivity contribution is -0.114. The standard InChI is InChI=1S/C24H25Cl2N3O2.ClH/c25-18-6-9-22(20(26)10-18)29-23(15-4-7-19(30)8-5-15)11-21(27-29)24(31)14-28-12-16-2-1-3-17(16)13-28;/h4-10,16-17,23,30H,1-3,11-14H2;1H. The molecule has 0 spiro atoms. The number of phenols is 1. The molecule has 0 bridgehead atoms. The molecular weight excluding hydrogens is 469 g/mol. The van der Waals surface area contributed by atoms with Crippen LogP contribution in [0.1, 0.15) is 37.3 Å². The average molecular weight is 495 g/mol. The fourth-order valence-electron chi connectivity index (χ4n) is 5.28. The zero-order valence-electron chi connectivity index (χ0n) is 17.6. The van der Waals surface area contributed by atoms with Crippen molar-refractivity contribution >= 4 is 52.8 Å². The summed E-state index contributed by atoms with van der Waals surface area (Å²) in [5.41, 5.74) is 2.25. The number of benzene rings is 2. The third kappa shape index (κ3) is 4.62. The van der Waals surface area contributed by atoms with Gasteiger partial charge in [0.15, 0.2) is 5.78 Å². The van der Waals surface area contributed by atoms with E-state index in [9.17, 15) is 9.90 Å². The lowest BCUT2D eigenvalue weighted by atomic mass is 9.99. The van der Waals surface area contributed by atoms with Gasteiger partial charge in [-0.1, -0.05) is 41.8 Å². The molecule has 8 heteroatoms. The molecule has 0 aromatic heterocycles. The van der Waals surface area contributed by atoms with Gasteiger partial charge in [-0.2, -0.15) is 5.10 Å². The number of carbonyl (C=O) groups excluding carboxylic acids is 1. The van der Waals surface area contributed by atoms with E-state index in [1.165, 1.54) is 19.3 Å². The number of likely N-dealkylation sites (tertiary alicyclic amines) is 1. The quantitative estimate of drug-likeness (QED) is 0.577. The molecule has 1 aliphatic carbocycles. The molecule has 3 atom stereocenters. The predicted molar refractivity (Wildman–Crippen MR) is 131 cm³/mol. The molecule has 0 radical (unpaired) electrons. The van der Waals surface area contributed by atoms with Crippen LogP contribution in [0.3, 0.4) is 0 Å². The number of rotatable bonds is 5. The molecule has 2 fully saturated rings. The molecule has 2 heterocycles. The van der Waals surface area contributed by atoms with Crippen molar-refractivity contribution < 1.29 is 9.90 Å². The summed E-state index contributed by atoms with van der Waals surface area (Å²) in [4.78, 5) is 15.5. The first kappa shape index (κ1) is 23.4. The number of hydrogen-bond acceptors (Lipinski definition) is 5. The Morgan fingerprint density at radius 2 is 1.75 bits per heavy atom. The Morgan fingerprint density at radius 3 is 2.41 bits per heavy atom. The zero-order valence-corrected chi connectivity index (χ0v) is 19.9.